The summed E-state index contributed by atoms with van der Waals surface area (Å²) in [6.07, 6.45) is 2.80. The molecule has 0 bridgehead atoms. The third-order valence-electron chi connectivity index (χ3n) is 3.58. The molecule has 1 saturated heterocycles. The molecule has 0 aliphatic carbocycles. The smallest absolute Gasteiger partial charge is 0.410 e. The molecule has 1 aromatic heterocycles. The lowest BCUT2D eigenvalue weighted by molar-refractivity contribution is 0.00942. The molecular formula is C16H23ClN2O2. The van der Waals surface area contributed by atoms with Crippen LogP contribution in [-0.2, 0) is 4.74 Å². The molecule has 0 N–H and O–H groups in total. The monoisotopic (exact) mass is 310 g/mol. The Labute approximate surface area is 131 Å². The minimum absolute atomic E-state index is 0.0263. The van der Waals surface area contributed by atoms with Gasteiger partial charge in [0.25, 0.3) is 0 Å². The molecule has 1 aromatic rings. The van der Waals surface area contributed by atoms with Crippen LogP contribution in [0.15, 0.2) is 12.1 Å². The number of halogens is 1. The first-order chi connectivity index (χ1) is 9.78. The fraction of sp³-hybridized carbons (Fsp3) is 0.625. The lowest BCUT2D eigenvalue weighted by Crippen LogP contribution is -2.42. The van der Waals surface area contributed by atoms with Crippen LogP contribution < -0.4 is 0 Å². The minimum atomic E-state index is -0.480. The second-order valence-corrected chi connectivity index (χ2v) is 6.88. The number of pyridine rings is 1. The Bertz CT molecular complexity index is 525. The molecule has 0 unspecified atom stereocenters. The van der Waals surface area contributed by atoms with Gasteiger partial charge in [-0.1, -0.05) is 17.7 Å². The molecule has 2 rings (SSSR count). The van der Waals surface area contributed by atoms with E-state index in [1.165, 1.54) is 0 Å². The number of carbonyl (C=O) groups is 1. The molecule has 1 fully saturated rings. The summed E-state index contributed by atoms with van der Waals surface area (Å²) < 4.78 is 5.53. The average molecular weight is 311 g/mol. The number of carbonyl (C=O) groups excluding carboxylic acids is 1. The number of rotatable bonds is 1. The van der Waals surface area contributed by atoms with E-state index in [0.29, 0.717) is 5.15 Å². The van der Waals surface area contributed by atoms with E-state index in [9.17, 15) is 4.79 Å². The quantitative estimate of drug-likeness (QED) is 0.717. The highest BCUT2D eigenvalue weighted by Gasteiger charge is 2.32. The zero-order valence-electron chi connectivity index (χ0n) is 13.1. The minimum Gasteiger partial charge on any atom is -0.444 e. The first-order valence-corrected chi connectivity index (χ1v) is 7.78. The van der Waals surface area contributed by atoms with Crippen molar-refractivity contribution in [3.05, 3.63) is 28.5 Å². The van der Waals surface area contributed by atoms with E-state index in [0.717, 1.165) is 37.1 Å². The molecule has 116 valence electrons. The normalized spacial score (nSPS) is 19.5. The van der Waals surface area contributed by atoms with Crippen molar-refractivity contribution >= 4 is 17.7 Å². The van der Waals surface area contributed by atoms with Crippen molar-refractivity contribution in [3.63, 3.8) is 0 Å². The number of nitrogens with zero attached hydrogens (tertiary/aromatic N) is 2. The van der Waals surface area contributed by atoms with Crippen molar-refractivity contribution in [2.24, 2.45) is 0 Å². The van der Waals surface area contributed by atoms with Crippen molar-refractivity contribution in [2.75, 3.05) is 6.54 Å². The average Bonchev–Trinajstić information content (AvgIpc) is 2.37. The van der Waals surface area contributed by atoms with Crippen molar-refractivity contribution in [3.8, 4) is 0 Å². The van der Waals surface area contributed by atoms with Crippen molar-refractivity contribution in [2.45, 2.75) is 58.6 Å². The van der Waals surface area contributed by atoms with Gasteiger partial charge in [0.2, 0.25) is 0 Å². The van der Waals surface area contributed by atoms with Gasteiger partial charge in [-0.05, 0) is 58.6 Å². The second kappa shape index (κ2) is 6.22. The lowest BCUT2D eigenvalue weighted by atomic mass is 9.95. The number of amides is 1. The summed E-state index contributed by atoms with van der Waals surface area (Å²) in [6, 6.07) is 3.78. The number of hydrogen-bond acceptors (Lipinski definition) is 3. The molecule has 1 amide bonds. The van der Waals surface area contributed by atoms with Crippen LogP contribution in [-0.4, -0.2) is 28.1 Å². The van der Waals surface area contributed by atoms with Gasteiger partial charge < -0.3 is 9.64 Å². The van der Waals surface area contributed by atoms with Crippen LogP contribution in [0.25, 0.3) is 0 Å². The van der Waals surface area contributed by atoms with Gasteiger partial charge in [0.15, 0.2) is 0 Å². The van der Waals surface area contributed by atoms with Gasteiger partial charge in [0.1, 0.15) is 10.8 Å². The zero-order chi connectivity index (χ0) is 15.6. The Morgan fingerprint density at radius 3 is 2.71 bits per heavy atom. The highest BCUT2D eigenvalue weighted by Crippen LogP contribution is 2.33. The van der Waals surface area contributed by atoms with Gasteiger partial charge in [-0.15, -0.1) is 0 Å². The number of ether oxygens (including phenoxy) is 1. The zero-order valence-corrected chi connectivity index (χ0v) is 13.9. The molecule has 1 atom stereocenters. The van der Waals surface area contributed by atoms with Crippen LogP contribution in [0.1, 0.15) is 57.3 Å². The summed E-state index contributed by atoms with van der Waals surface area (Å²) in [7, 11) is 0. The van der Waals surface area contributed by atoms with E-state index in [4.69, 9.17) is 16.3 Å². The van der Waals surface area contributed by atoms with Crippen LogP contribution in [0.3, 0.4) is 0 Å². The Morgan fingerprint density at radius 2 is 2.10 bits per heavy atom. The Hall–Kier alpha value is -1.29. The maximum Gasteiger partial charge on any atom is 0.410 e. The van der Waals surface area contributed by atoms with Gasteiger partial charge in [0.05, 0.1) is 6.04 Å². The van der Waals surface area contributed by atoms with E-state index >= 15 is 0 Å². The molecule has 5 heteroatoms. The standard InChI is InChI=1S/C16H23ClN2O2/c1-11-12(8-9-14(17)18-11)13-7-5-6-10-19(13)15(20)21-16(2,3)4/h8-9,13H,5-7,10H2,1-4H3/t13-/m1/s1. The van der Waals surface area contributed by atoms with Crippen LogP contribution in [0, 0.1) is 6.92 Å². The van der Waals surface area contributed by atoms with Crippen LogP contribution in [0.2, 0.25) is 5.15 Å². The number of piperidine rings is 1. The summed E-state index contributed by atoms with van der Waals surface area (Å²) in [5.74, 6) is 0. The highest BCUT2D eigenvalue weighted by atomic mass is 35.5. The number of hydrogen-bond donors (Lipinski definition) is 0. The summed E-state index contributed by atoms with van der Waals surface area (Å²) in [5.41, 5.74) is 1.46. The van der Waals surface area contributed by atoms with E-state index in [-0.39, 0.29) is 12.1 Å². The Morgan fingerprint density at radius 1 is 1.38 bits per heavy atom. The predicted octanol–water partition coefficient (Wildman–Crippen LogP) is 4.51. The highest BCUT2D eigenvalue weighted by molar-refractivity contribution is 6.29. The van der Waals surface area contributed by atoms with Gasteiger partial charge in [0, 0.05) is 12.2 Å². The Balaban J connectivity index is 2.24. The van der Waals surface area contributed by atoms with Gasteiger partial charge in [-0.25, -0.2) is 9.78 Å². The topological polar surface area (TPSA) is 42.4 Å². The van der Waals surface area contributed by atoms with Crippen molar-refractivity contribution < 1.29 is 9.53 Å². The van der Waals surface area contributed by atoms with Crippen LogP contribution in [0.4, 0.5) is 4.79 Å². The summed E-state index contributed by atoms with van der Waals surface area (Å²) in [6.45, 7) is 8.32. The molecule has 1 aliphatic rings. The molecule has 21 heavy (non-hydrogen) atoms. The number of aromatic nitrogens is 1. The maximum absolute atomic E-state index is 12.4. The first kappa shape index (κ1) is 16.1. The van der Waals surface area contributed by atoms with Gasteiger partial charge in [-0.2, -0.15) is 0 Å². The molecular weight excluding hydrogens is 288 g/mol. The number of aryl methyl sites for hydroxylation is 1. The molecule has 1 aliphatic heterocycles. The molecule has 0 spiro atoms. The van der Waals surface area contributed by atoms with E-state index < -0.39 is 5.60 Å². The third kappa shape index (κ3) is 4.10. The van der Waals surface area contributed by atoms with Gasteiger partial charge >= 0.3 is 6.09 Å². The summed E-state index contributed by atoms with van der Waals surface area (Å²) in [5, 5.41) is 0.482. The van der Waals surface area contributed by atoms with E-state index in [1.807, 2.05) is 38.7 Å². The van der Waals surface area contributed by atoms with E-state index in [2.05, 4.69) is 4.98 Å². The Kier molecular flexibility index (Phi) is 4.77. The second-order valence-electron chi connectivity index (χ2n) is 6.49. The molecule has 4 nitrogen and oxygen atoms in total. The van der Waals surface area contributed by atoms with Crippen molar-refractivity contribution in [1.82, 2.24) is 9.88 Å². The summed E-state index contributed by atoms with van der Waals surface area (Å²) in [4.78, 5) is 18.6. The third-order valence-corrected chi connectivity index (χ3v) is 3.79. The van der Waals surface area contributed by atoms with Crippen molar-refractivity contribution in [1.29, 1.82) is 0 Å². The molecule has 0 saturated carbocycles. The largest absolute Gasteiger partial charge is 0.444 e. The first-order valence-electron chi connectivity index (χ1n) is 7.40. The predicted molar refractivity (Wildman–Crippen MR) is 83.5 cm³/mol. The van der Waals surface area contributed by atoms with E-state index in [1.54, 1.807) is 6.07 Å². The van der Waals surface area contributed by atoms with Crippen LogP contribution >= 0.6 is 11.6 Å². The maximum atomic E-state index is 12.4. The molecule has 0 aromatic carbocycles. The van der Waals surface area contributed by atoms with Gasteiger partial charge in [-0.3, -0.25) is 0 Å². The lowest BCUT2D eigenvalue weighted by Gasteiger charge is -2.37. The fourth-order valence-electron chi connectivity index (χ4n) is 2.69. The molecule has 0 radical (unpaired) electrons. The molecule has 2 heterocycles. The number of likely N-dealkylation sites (tertiary alicyclic amines) is 1. The fourth-order valence-corrected chi connectivity index (χ4v) is 2.88. The summed E-state index contributed by atoms with van der Waals surface area (Å²) >= 11 is 5.93. The van der Waals surface area contributed by atoms with Crippen LogP contribution in [0.5, 0.6) is 0 Å². The SMILES string of the molecule is Cc1nc(Cl)ccc1[C@H]1CCCCN1C(=O)OC(C)(C)C.